The number of piperidine rings is 1. The number of rotatable bonds is 6. The summed E-state index contributed by atoms with van der Waals surface area (Å²) in [6.45, 7) is 5.98. The maximum absolute atomic E-state index is 12.2. The Morgan fingerprint density at radius 3 is 2.45 bits per heavy atom. The molecule has 0 radical (unpaired) electrons. The van der Waals surface area contributed by atoms with Gasteiger partial charge >= 0.3 is 0 Å². The van der Waals surface area contributed by atoms with Crippen LogP contribution in [0.25, 0.3) is 0 Å². The van der Waals surface area contributed by atoms with Gasteiger partial charge in [0.2, 0.25) is 5.91 Å². The molecule has 0 aromatic rings. The van der Waals surface area contributed by atoms with Crippen LogP contribution in [0.2, 0.25) is 0 Å². The summed E-state index contributed by atoms with van der Waals surface area (Å²) in [6.07, 6.45) is 5.28. The van der Waals surface area contributed by atoms with Crippen molar-refractivity contribution in [2.75, 3.05) is 46.4 Å². The quantitative estimate of drug-likeness (QED) is 0.779. The van der Waals surface area contributed by atoms with Gasteiger partial charge in [-0.05, 0) is 44.7 Å². The van der Waals surface area contributed by atoms with Gasteiger partial charge in [0.05, 0.1) is 12.5 Å². The summed E-state index contributed by atoms with van der Waals surface area (Å²) >= 11 is 0. The zero-order valence-electron chi connectivity index (χ0n) is 12.7. The zero-order valence-corrected chi connectivity index (χ0v) is 12.7. The van der Waals surface area contributed by atoms with Crippen molar-refractivity contribution in [2.24, 2.45) is 11.7 Å². The third-order valence-electron chi connectivity index (χ3n) is 4.68. The van der Waals surface area contributed by atoms with Gasteiger partial charge in [-0.2, -0.15) is 0 Å². The fourth-order valence-electron chi connectivity index (χ4n) is 3.28. The number of carbonyl (C=O) groups excluding carboxylic acids is 1. The van der Waals surface area contributed by atoms with Crippen LogP contribution in [0, 0.1) is 5.92 Å². The van der Waals surface area contributed by atoms with Crippen LogP contribution in [0.3, 0.4) is 0 Å². The number of nitrogens with two attached hydrogens (primary N) is 1. The second-order valence-corrected chi connectivity index (χ2v) is 6.13. The van der Waals surface area contributed by atoms with Crippen LogP contribution in [-0.2, 0) is 9.53 Å². The summed E-state index contributed by atoms with van der Waals surface area (Å²) in [5.41, 5.74) is 5.57. The monoisotopic (exact) mass is 283 g/mol. The van der Waals surface area contributed by atoms with E-state index < -0.39 is 0 Å². The van der Waals surface area contributed by atoms with Crippen LogP contribution >= 0.6 is 0 Å². The maximum Gasteiger partial charge on any atom is 0.225 e. The van der Waals surface area contributed by atoms with Crippen molar-refractivity contribution < 1.29 is 9.53 Å². The van der Waals surface area contributed by atoms with E-state index >= 15 is 0 Å². The molecule has 2 N–H and O–H groups in total. The molecule has 1 amide bonds. The topological polar surface area (TPSA) is 58.8 Å². The molecule has 2 fully saturated rings. The molecule has 1 unspecified atom stereocenters. The van der Waals surface area contributed by atoms with Crippen molar-refractivity contribution >= 4 is 5.91 Å². The largest absolute Gasteiger partial charge is 0.380 e. The first-order valence-electron chi connectivity index (χ1n) is 7.96. The van der Waals surface area contributed by atoms with Crippen LogP contribution in [0.4, 0.5) is 0 Å². The van der Waals surface area contributed by atoms with Gasteiger partial charge < -0.3 is 20.3 Å². The Labute approximate surface area is 122 Å². The van der Waals surface area contributed by atoms with Gasteiger partial charge in [-0.25, -0.2) is 0 Å². The first kappa shape index (κ1) is 15.7. The normalized spacial score (nSPS) is 23.2. The number of methoxy groups -OCH3 is 1. The van der Waals surface area contributed by atoms with E-state index in [1.165, 1.54) is 32.5 Å². The number of likely N-dealkylation sites (tertiary alicyclic amines) is 2. The average Bonchev–Trinajstić information content (AvgIpc) is 2.98. The molecule has 2 aliphatic heterocycles. The highest BCUT2D eigenvalue weighted by atomic mass is 16.5. The molecule has 0 spiro atoms. The summed E-state index contributed by atoms with van der Waals surface area (Å²) in [5.74, 6) is 0.965. The lowest BCUT2D eigenvalue weighted by Gasteiger charge is -2.34. The fourth-order valence-corrected chi connectivity index (χ4v) is 3.28. The van der Waals surface area contributed by atoms with Gasteiger partial charge in [0, 0.05) is 33.3 Å². The lowest BCUT2D eigenvalue weighted by Crippen LogP contribution is -2.43. The fraction of sp³-hybridized carbons (Fsp3) is 0.933. The van der Waals surface area contributed by atoms with Crippen LogP contribution in [0.5, 0.6) is 0 Å². The van der Waals surface area contributed by atoms with Gasteiger partial charge in [0.1, 0.15) is 0 Å². The molecule has 0 aliphatic carbocycles. The lowest BCUT2D eigenvalue weighted by atomic mass is 9.96. The number of nitrogens with zero attached hydrogens (tertiary/aromatic N) is 2. The molecule has 20 heavy (non-hydrogen) atoms. The minimum Gasteiger partial charge on any atom is -0.380 e. The van der Waals surface area contributed by atoms with E-state index in [4.69, 9.17) is 10.5 Å². The van der Waals surface area contributed by atoms with Crippen molar-refractivity contribution in [1.29, 1.82) is 0 Å². The van der Waals surface area contributed by atoms with E-state index in [-0.39, 0.29) is 12.0 Å². The van der Waals surface area contributed by atoms with E-state index in [9.17, 15) is 4.79 Å². The number of hydrogen-bond donors (Lipinski definition) is 1. The van der Waals surface area contributed by atoms with Gasteiger partial charge in [0.15, 0.2) is 0 Å². The minimum absolute atomic E-state index is 0.134. The smallest absolute Gasteiger partial charge is 0.225 e. The molecule has 2 aliphatic rings. The first-order chi connectivity index (χ1) is 9.72. The third kappa shape index (κ3) is 4.43. The summed E-state index contributed by atoms with van der Waals surface area (Å²) in [5, 5.41) is 0. The second kappa shape index (κ2) is 7.96. The average molecular weight is 283 g/mol. The molecule has 2 saturated heterocycles. The maximum atomic E-state index is 12.2. The Kier molecular flexibility index (Phi) is 6.26. The molecule has 5 heteroatoms. The Balaban J connectivity index is 1.68. The first-order valence-corrected chi connectivity index (χ1v) is 7.96. The van der Waals surface area contributed by atoms with Crippen molar-refractivity contribution in [3.8, 4) is 0 Å². The van der Waals surface area contributed by atoms with E-state index in [2.05, 4.69) is 4.90 Å². The molecule has 0 saturated carbocycles. The van der Waals surface area contributed by atoms with Crippen molar-refractivity contribution in [3.63, 3.8) is 0 Å². The summed E-state index contributed by atoms with van der Waals surface area (Å²) in [4.78, 5) is 16.7. The Bertz CT molecular complexity index is 293. The van der Waals surface area contributed by atoms with E-state index in [0.29, 0.717) is 13.0 Å². The SMILES string of the molecule is COC(CN)CC(=O)N1CCC(CN2CCCC2)CC1. The number of ether oxygens (including phenoxy) is 1. The molecule has 1 atom stereocenters. The number of amides is 1. The van der Waals surface area contributed by atoms with Crippen molar-refractivity contribution in [2.45, 2.75) is 38.2 Å². The highest BCUT2D eigenvalue weighted by molar-refractivity contribution is 5.76. The third-order valence-corrected chi connectivity index (χ3v) is 4.68. The molecule has 0 bridgehead atoms. The van der Waals surface area contributed by atoms with Gasteiger partial charge in [-0.3, -0.25) is 4.79 Å². The van der Waals surface area contributed by atoms with Crippen molar-refractivity contribution in [3.05, 3.63) is 0 Å². The minimum atomic E-state index is -0.134. The van der Waals surface area contributed by atoms with Gasteiger partial charge in [0.25, 0.3) is 0 Å². The zero-order chi connectivity index (χ0) is 14.4. The molecule has 2 rings (SSSR count). The lowest BCUT2D eigenvalue weighted by molar-refractivity contribution is -0.135. The van der Waals surface area contributed by atoms with Crippen LogP contribution in [-0.4, -0.2) is 68.2 Å². The second-order valence-electron chi connectivity index (χ2n) is 6.13. The molecule has 116 valence electrons. The van der Waals surface area contributed by atoms with Gasteiger partial charge in [-0.15, -0.1) is 0 Å². The number of hydrogen-bond acceptors (Lipinski definition) is 4. The summed E-state index contributed by atoms with van der Waals surface area (Å²) in [7, 11) is 1.62. The van der Waals surface area contributed by atoms with E-state index in [0.717, 1.165) is 31.8 Å². The van der Waals surface area contributed by atoms with Crippen LogP contribution < -0.4 is 5.73 Å². The standard InChI is InChI=1S/C15H29N3O2/c1-20-14(11-16)10-15(19)18-8-4-13(5-9-18)12-17-6-2-3-7-17/h13-14H,2-12,16H2,1H3. The molecular weight excluding hydrogens is 254 g/mol. The van der Waals surface area contributed by atoms with Crippen LogP contribution in [0.1, 0.15) is 32.1 Å². The van der Waals surface area contributed by atoms with Crippen LogP contribution in [0.15, 0.2) is 0 Å². The Morgan fingerprint density at radius 2 is 1.90 bits per heavy atom. The van der Waals surface area contributed by atoms with E-state index in [1.54, 1.807) is 7.11 Å². The molecule has 5 nitrogen and oxygen atoms in total. The molecular formula is C15H29N3O2. The molecule has 0 aromatic heterocycles. The summed E-state index contributed by atoms with van der Waals surface area (Å²) < 4.78 is 5.19. The summed E-state index contributed by atoms with van der Waals surface area (Å²) in [6, 6.07) is 0. The van der Waals surface area contributed by atoms with E-state index in [1.807, 2.05) is 4.90 Å². The highest BCUT2D eigenvalue weighted by Gasteiger charge is 2.26. The van der Waals surface area contributed by atoms with Gasteiger partial charge in [-0.1, -0.05) is 0 Å². The Morgan fingerprint density at radius 1 is 1.25 bits per heavy atom. The molecule has 0 aromatic carbocycles. The predicted molar refractivity (Wildman–Crippen MR) is 79.4 cm³/mol. The number of carbonyl (C=O) groups is 1. The predicted octanol–water partition coefficient (Wildman–Crippen LogP) is 0.685. The molecule has 2 heterocycles. The Hall–Kier alpha value is -0.650. The highest BCUT2D eigenvalue weighted by Crippen LogP contribution is 2.21. The van der Waals surface area contributed by atoms with Crippen molar-refractivity contribution in [1.82, 2.24) is 9.80 Å².